The second kappa shape index (κ2) is 6.81. The third-order valence-electron chi connectivity index (χ3n) is 3.51. The molecule has 2 rings (SSSR count). The molecule has 0 aliphatic carbocycles. The molecular weight excluding hydrogens is 300 g/mol. The predicted octanol–water partition coefficient (Wildman–Crippen LogP) is 3.22. The van der Waals surface area contributed by atoms with Crippen LogP contribution in [-0.2, 0) is 11.2 Å². The molecule has 0 spiro atoms. The first-order chi connectivity index (χ1) is 10.8. The molecule has 122 valence electrons. The van der Waals surface area contributed by atoms with Gasteiger partial charge in [0.2, 0.25) is 6.41 Å². The van der Waals surface area contributed by atoms with E-state index in [9.17, 15) is 13.6 Å². The molecule has 4 nitrogen and oxygen atoms in total. The minimum atomic E-state index is -0.652. The van der Waals surface area contributed by atoms with Crippen molar-refractivity contribution in [1.82, 2.24) is 14.9 Å². The van der Waals surface area contributed by atoms with Crippen LogP contribution in [0.3, 0.4) is 0 Å². The molecule has 1 aromatic carbocycles. The molecule has 0 saturated carbocycles. The van der Waals surface area contributed by atoms with Crippen LogP contribution < -0.4 is 0 Å². The largest absolute Gasteiger partial charge is 0.340 e. The van der Waals surface area contributed by atoms with Crippen molar-refractivity contribution in [1.29, 1.82) is 0 Å². The fraction of sp³-hybridized carbons (Fsp3) is 0.353. The lowest BCUT2D eigenvalue weighted by molar-refractivity contribution is -0.122. The normalized spacial score (nSPS) is 11.3. The van der Waals surface area contributed by atoms with E-state index in [1.807, 2.05) is 20.8 Å². The van der Waals surface area contributed by atoms with Crippen LogP contribution in [0.4, 0.5) is 8.78 Å². The van der Waals surface area contributed by atoms with Gasteiger partial charge in [-0.25, -0.2) is 18.7 Å². The van der Waals surface area contributed by atoms with E-state index in [1.54, 1.807) is 4.90 Å². The van der Waals surface area contributed by atoms with E-state index in [1.165, 1.54) is 24.5 Å². The molecule has 0 aliphatic rings. The van der Waals surface area contributed by atoms with E-state index in [2.05, 4.69) is 9.97 Å². The highest BCUT2D eigenvalue weighted by Gasteiger charge is 2.19. The molecule has 0 bridgehead atoms. The summed E-state index contributed by atoms with van der Waals surface area (Å²) in [5.74, 6) is -0.714. The van der Waals surface area contributed by atoms with Gasteiger partial charge in [0, 0.05) is 48.1 Å². The summed E-state index contributed by atoms with van der Waals surface area (Å²) in [5, 5.41) is 0. The first-order valence-electron chi connectivity index (χ1n) is 7.29. The van der Waals surface area contributed by atoms with Gasteiger partial charge in [0.1, 0.15) is 17.5 Å². The lowest BCUT2D eigenvalue weighted by atomic mass is 10.1. The molecule has 0 unspecified atom stereocenters. The minimum Gasteiger partial charge on any atom is -0.340 e. The summed E-state index contributed by atoms with van der Waals surface area (Å²) in [7, 11) is 0. The van der Waals surface area contributed by atoms with E-state index < -0.39 is 11.6 Å². The maximum absolute atomic E-state index is 13.7. The molecule has 1 aromatic heterocycles. The van der Waals surface area contributed by atoms with Gasteiger partial charge >= 0.3 is 0 Å². The number of nitrogens with zero attached hydrogens (tertiary/aromatic N) is 3. The van der Waals surface area contributed by atoms with E-state index in [4.69, 9.17) is 0 Å². The Kier molecular flexibility index (Phi) is 5.03. The summed E-state index contributed by atoms with van der Waals surface area (Å²) in [5.41, 5.74) is 0.468. The van der Waals surface area contributed by atoms with Gasteiger partial charge in [0.25, 0.3) is 0 Å². The van der Waals surface area contributed by atoms with Gasteiger partial charge in [0.15, 0.2) is 0 Å². The fourth-order valence-corrected chi connectivity index (χ4v) is 2.11. The van der Waals surface area contributed by atoms with E-state index in [0.717, 1.165) is 12.5 Å². The molecule has 0 N–H and O–H groups in total. The number of amides is 1. The average Bonchev–Trinajstić information content (AvgIpc) is 2.47. The molecule has 0 fully saturated rings. The number of carbonyl (C=O) groups excluding carboxylic acids is 1. The molecule has 0 saturated heterocycles. The SMILES string of the molecule is CC(C)(C)N(C=O)CCc1ncc(-c2ccc(F)cc2F)cn1. The number of rotatable bonds is 5. The Morgan fingerprint density at radius 1 is 1.17 bits per heavy atom. The molecule has 2 aromatic rings. The van der Waals surface area contributed by atoms with Crippen molar-refractivity contribution >= 4 is 6.41 Å². The Morgan fingerprint density at radius 2 is 1.83 bits per heavy atom. The van der Waals surface area contributed by atoms with Crippen molar-refractivity contribution in [2.75, 3.05) is 6.54 Å². The van der Waals surface area contributed by atoms with Crippen LogP contribution >= 0.6 is 0 Å². The second-order valence-corrected chi connectivity index (χ2v) is 6.23. The van der Waals surface area contributed by atoms with Crippen LogP contribution in [0.1, 0.15) is 26.6 Å². The molecular formula is C17H19F2N3O. The zero-order chi connectivity index (χ0) is 17.0. The standard InChI is InChI=1S/C17H19F2N3O/c1-17(2,3)22(11-23)7-6-16-20-9-12(10-21-16)14-5-4-13(18)8-15(14)19/h4-5,8-11H,6-7H2,1-3H3. The summed E-state index contributed by atoms with van der Waals surface area (Å²) in [4.78, 5) is 21.1. The first kappa shape index (κ1) is 17.0. The molecule has 0 aliphatic heterocycles. The molecule has 1 amide bonds. The first-order valence-corrected chi connectivity index (χ1v) is 7.29. The predicted molar refractivity (Wildman–Crippen MR) is 83.6 cm³/mol. The number of hydrogen-bond acceptors (Lipinski definition) is 3. The van der Waals surface area contributed by atoms with Gasteiger partial charge in [-0.3, -0.25) is 4.79 Å². The molecule has 23 heavy (non-hydrogen) atoms. The Labute approximate surface area is 134 Å². The average molecular weight is 319 g/mol. The summed E-state index contributed by atoms with van der Waals surface area (Å²) in [6.07, 6.45) is 4.31. The van der Waals surface area contributed by atoms with Gasteiger partial charge in [-0.05, 0) is 32.9 Å². The van der Waals surface area contributed by atoms with Crippen molar-refractivity contribution in [3.8, 4) is 11.1 Å². The summed E-state index contributed by atoms with van der Waals surface area (Å²) in [6.45, 7) is 6.34. The monoisotopic (exact) mass is 319 g/mol. The third-order valence-corrected chi connectivity index (χ3v) is 3.51. The number of aromatic nitrogens is 2. The van der Waals surface area contributed by atoms with Crippen LogP contribution in [0.2, 0.25) is 0 Å². The molecule has 1 heterocycles. The zero-order valence-electron chi connectivity index (χ0n) is 13.4. The zero-order valence-corrected chi connectivity index (χ0v) is 13.4. The highest BCUT2D eigenvalue weighted by molar-refractivity contribution is 5.62. The Morgan fingerprint density at radius 3 is 2.35 bits per heavy atom. The van der Waals surface area contributed by atoms with E-state index in [0.29, 0.717) is 24.4 Å². The van der Waals surface area contributed by atoms with Gasteiger partial charge in [-0.15, -0.1) is 0 Å². The van der Waals surface area contributed by atoms with Gasteiger partial charge in [-0.1, -0.05) is 0 Å². The maximum Gasteiger partial charge on any atom is 0.210 e. The van der Waals surface area contributed by atoms with Gasteiger partial charge < -0.3 is 4.90 Å². The van der Waals surface area contributed by atoms with Crippen LogP contribution in [-0.4, -0.2) is 33.4 Å². The van der Waals surface area contributed by atoms with Crippen molar-refractivity contribution in [3.05, 3.63) is 48.1 Å². The minimum absolute atomic E-state index is 0.252. The topological polar surface area (TPSA) is 46.1 Å². The van der Waals surface area contributed by atoms with Gasteiger partial charge in [-0.2, -0.15) is 0 Å². The van der Waals surface area contributed by atoms with Gasteiger partial charge in [0.05, 0.1) is 0 Å². The van der Waals surface area contributed by atoms with E-state index >= 15 is 0 Å². The third kappa shape index (κ3) is 4.31. The maximum atomic E-state index is 13.7. The van der Waals surface area contributed by atoms with Crippen molar-refractivity contribution in [3.63, 3.8) is 0 Å². The highest BCUT2D eigenvalue weighted by Crippen LogP contribution is 2.22. The highest BCUT2D eigenvalue weighted by atomic mass is 19.1. The molecule has 0 atom stereocenters. The van der Waals surface area contributed by atoms with E-state index in [-0.39, 0.29) is 11.1 Å². The summed E-state index contributed by atoms with van der Waals surface area (Å²) >= 11 is 0. The number of halogens is 2. The summed E-state index contributed by atoms with van der Waals surface area (Å²) < 4.78 is 26.7. The van der Waals surface area contributed by atoms with Crippen LogP contribution in [0, 0.1) is 11.6 Å². The smallest absolute Gasteiger partial charge is 0.210 e. The number of carbonyl (C=O) groups is 1. The lowest BCUT2D eigenvalue weighted by Crippen LogP contribution is -2.41. The molecule has 6 heteroatoms. The van der Waals surface area contributed by atoms with Crippen LogP contribution in [0.25, 0.3) is 11.1 Å². The quantitative estimate of drug-likeness (QED) is 0.795. The molecule has 0 radical (unpaired) electrons. The second-order valence-electron chi connectivity index (χ2n) is 6.23. The van der Waals surface area contributed by atoms with Crippen LogP contribution in [0.5, 0.6) is 0 Å². The summed E-state index contributed by atoms with van der Waals surface area (Å²) in [6, 6.07) is 3.38. The Hall–Kier alpha value is -2.37. The fourth-order valence-electron chi connectivity index (χ4n) is 2.11. The van der Waals surface area contributed by atoms with Crippen molar-refractivity contribution < 1.29 is 13.6 Å². The Bertz CT molecular complexity index is 681. The van der Waals surface area contributed by atoms with Crippen molar-refractivity contribution in [2.45, 2.75) is 32.7 Å². The van der Waals surface area contributed by atoms with Crippen LogP contribution in [0.15, 0.2) is 30.6 Å². The number of benzene rings is 1. The van der Waals surface area contributed by atoms with Crippen molar-refractivity contribution in [2.24, 2.45) is 0 Å². The number of hydrogen-bond donors (Lipinski definition) is 0. The Balaban J connectivity index is 2.09. The lowest BCUT2D eigenvalue weighted by Gasteiger charge is -2.31.